The summed E-state index contributed by atoms with van der Waals surface area (Å²) in [6, 6.07) is 3.50. The smallest absolute Gasteiger partial charge is 0.222 e. The van der Waals surface area contributed by atoms with Gasteiger partial charge in [-0.3, -0.25) is 9.00 Å². The van der Waals surface area contributed by atoms with Crippen molar-refractivity contribution >= 4 is 16.7 Å². The minimum Gasteiger partial charge on any atom is -0.349 e. The molecule has 3 nitrogen and oxygen atoms in total. The van der Waals surface area contributed by atoms with Crippen LogP contribution in [0.25, 0.3) is 0 Å². The molecule has 19 heavy (non-hydrogen) atoms. The maximum atomic E-state index is 13.0. The number of rotatable bonds is 6. The van der Waals surface area contributed by atoms with Gasteiger partial charge >= 0.3 is 0 Å². The highest BCUT2D eigenvalue weighted by Gasteiger charge is 2.08. The first-order chi connectivity index (χ1) is 8.90. The highest BCUT2D eigenvalue weighted by atomic mass is 32.2. The van der Waals surface area contributed by atoms with Crippen molar-refractivity contribution in [1.82, 2.24) is 4.90 Å². The molecule has 0 aromatic heterocycles. The first-order valence-electron chi connectivity index (χ1n) is 5.89. The normalized spacial score (nSPS) is 12.2. The van der Waals surface area contributed by atoms with Gasteiger partial charge in [-0.2, -0.15) is 0 Å². The van der Waals surface area contributed by atoms with Crippen molar-refractivity contribution in [2.45, 2.75) is 18.6 Å². The average Bonchev–Trinajstić information content (AvgIpc) is 2.33. The molecule has 0 spiro atoms. The number of halogens is 2. The van der Waals surface area contributed by atoms with Crippen LogP contribution in [-0.2, 0) is 21.3 Å². The summed E-state index contributed by atoms with van der Waals surface area (Å²) in [4.78, 5) is 12.8. The monoisotopic (exact) mass is 289 g/mol. The number of carbonyl (C=O) groups is 1. The van der Waals surface area contributed by atoms with E-state index in [-0.39, 0.29) is 11.7 Å². The highest BCUT2D eigenvalue weighted by molar-refractivity contribution is 7.84. The van der Waals surface area contributed by atoms with Crippen LogP contribution in [0.2, 0.25) is 0 Å². The molecule has 0 fully saturated rings. The highest BCUT2D eigenvalue weighted by Crippen LogP contribution is 2.11. The van der Waals surface area contributed by atoms with Crippen molar-refractivity contribution < 1.29 is 17.8 Å². The zero-order valence-electron chi connectivity index (χ0n) is 11.0. The Kier molecular flexibility index (Phi) is 6.08. The number of carbonyl (C=O) groups excluding carboxylic acids is 1. The largest absolute Gasteiger partial charge is 0.349 e. The SMILES string of the molecule is CN(C)C(=O)CCC[S@](=O)Cc1ccc(F)c(F)c1. The van der Waals surface area contributed by atoms with Crippen LogP contribution in [0.3, 0.4) is 0 Å². The van der Waals surface area contributed by atoms with Crippen molar-refractivity contribution in [3.8, 4) is 0 Å². The zero-order chi connectivity index (χ0) is 14.4. The average molecular weight is 289 g/mol. The van der Waals surface area contributed by atoms with Gasteiger partial charge in [0.1, 0.15) is 0 Å². The standard InChI is InChI=1S/C13H17F2NO2S/c1-16(2)13(17)4-3-7-19(18)9-10-5-6-11(14)12(15)8-10/h5-6,8H,3-4,7,9H2,1-2H3/t19-/m0/s1. The molecular weight excluding hydrogens is 272 g/mol. The van der Waals surface area contributed by atoms with Crippen molar-refractivity contribution in [2.24, 2.45) is 0 Å². The number of amides is 1. The summed E-state index contributed by atoms with van der Waals surface area (Å²) in [5.74, 6) is -1.31. The van der Waals surface area contributed by atoms with Gasteiger partial charge in [0.15, 0.2) is 11.6 Å². The molecule has 0 aliphatic carbocycles. The second-order valence-electron chi connectivity index (χ2n) is 4.43. The maximum Gasteiger partial charge on any atom is 0.222 e. The van der Waals surface area contributed by atoms with Crippen LogP contribution in [0, 0.1) is 11.6 Å². The van der Waals surface area contributed by atoms with E-state index in [9.17, 15) is 17.8 Å². The van der Waals surface area contributed by atoms with Crippen LogP contribution >= 0.6 is 0 Å². The van der Waals surface area contributed by atoms with Gasteiger partial charge in [0, 0.05) is 42.8 Å². The molecule has 0 bridgehead atoms. The van der Waals surface area contributed by atoms with E-state index in [1.807, 2.05) is 0 Å². The molecule has 1 rings (SSSR count). The van der Waals surface area contributed by atoms with Crippen LogP contribution in [0.1, 0.15) is 18.4 Å². The second kappa shape index (κ2) is 7.33. The van der Waals surface area contributed by atoms with E-state index in [0.717, 1.165) is 12.1 Å². The first kappa shape index (κ1) is 15.8. The Bertz CT molecular complexity index is 478. The molecule has 0 heterocycles. The number of hydrogen-bond donors (Lipinski definition) is 0. The Morgan fingerprint density at radius 1 is 1.26 bits per heavy atom. The van der Waals surface area contributed by atoms with Gasteiger partial charge in [0.05, 0.1) is 0 Å². The lowest BCUT2D eigenvalue weighted by Gasteiger charge is -2.09. The molecule has 0 saturated heterocycles. The Hall–Kier alpha value is -1.30. The molecule has 1 amide bonds. The van der Waals surface area contributed by atoms with Crippen LogP contribution in [0.4, 0.5) is 8.78 Å². The molecule has 0 radical (unpaired) electrons. The fraction of sp³-hybridized carbons (Fsp3) is 0.462. The maximum absolute atomic E-state index is 13.0. The summed E-state index contributed by atoms with van der Waals surface area (Å²) in [5.41, 5.74) is 0.496. The minimum atomic E-state index is -1.18. The Balaban J connectivity index is 2.39. The summed E-state index contributed by atoms with van der Waals surface area (Å²) in [7, 11) is 2.16. The summed E-state index contributed by atoms with van der Waals surface area (Å²) in [6.07, 6.45) is 0.865. The quantitative estimate of drug-likeness (QED) is 0.804. The Morgan fingerprint density at radius 3 is 2.53 bits per heavy atom. The van der Waals surface area contributed by atoms with Crippen LogP contribution in [0.5, 0.6) is 0 Å². The van der Waals surface area contributed by atoms with E-state index >= 15 is 0 Å². The first-order valence-corrected chi connectivity index (χ1v) is 7.38. The molecular formula is C13H17F2NO2S. The topological polar surface area (TPSA) is 37.4 Å². The lowest BCUT2D eigenvalue weighted by Crippen LogP contribution is -2.21. The van der Waals surface area contributed by atoms with Gasteiger partial charge in [-0.1, -0.05) is 6.07 Å². The number of hydrogen-bond acceptors (Lipinski definition) is 2. The molecule has 106 valence electrons. The van der Waals surface area contributed by atoms with Crippen molar-refractivity contribution in [1.29, 1.82) is 0 Å². The van der Waals surface area contributed by atoms with E-state index < -0.39 is 22.4 Å². The van der Waals surface area contributed by atoms with Crippen molar-refractivity contribution in [3.05, 3.63) is 35.4 Å². The molecule has 1 aromatic rings. The van der Waals surface area contributed by atoms with Gasteiger partial charge in [0.25, 0.3) is 0 Å². The molecule has 0 unspecified atom stereocenters. The van der Waals surface area contributed by atoms with E-state index in [1.165, 1.54) is 11.0 Å². The van der Waals surface area contributed by atoms with Crippen molar-refractivity contribution in [3.63, 3.8) is 0 Å². The Morgan fingerprint density at radius 2 is 1.95 bits per heavy atom. The summed E-state index contributed by atoms with van der Waals surface area (Å²) >= 11 is 0. The lowest BCUT2D eigenvalue weighted by atomic mass is 10.2. The third-order valence-corrected chi connectivity index (χ3v) is 3.97. The molecule has 1 atom stereocenters. The van der Waals surface area contributed by atoms with Crippen LogP contribution in [-0.4, -0.2) is 34.9 Å². The van der Waals surface area contributed by atoms with Gasteiger partial charge in [-0.25, -0.2) is 8.78 Å². The van der Waals surface area contributed by atoms with Gasteiger partial charge in [0.2, 0.25) is 5.91 Å². The summed E-state index contributed by atoms with van der Waals surface area (Å²) in [6.45, 7) is 0. The molecule has 0 aliphatic heterocycles. The van der Waals surface area contributed by atoms with Crippen LogP contribution in [0.15, 0.2) is 18.2 Å². The predicted octanol–water partition coefficient (Wildman–Crippen LogP) is 2.08. The molecule has 0 aliphatic rings. The van der Waals surface area contributed by atoms with E-state index in [0.29, 0.717) is 24.2 Å². The summed E-state index contributed by atoms with van der Waals surface area (Å²) < 4.78 is 37.4. The second-order valence-corrected chi connectivity index (χ2v) is 6.01. The predicted molar refractivity (Wildman–Crippen MR) is 71.0 cm³/mol. The van der Waals surface area contributed by atoms with E-state index in [2.05, 4.69) is 0 Å². The minimum absolute atomic E-state index is 0.00942. The van der Waals surface area contributed by atoms with Crippen LogP contribution < -0.4 is 0 Å². The van der Waals surface area contributed by atoms with Gasteiger partial charge < -0.3 is 4.90 Å². The molecule has 6 heteroatoms. The lowest BCUT2D eigenvalue weighted by molar-refractivity contribution is -0.128. The number of nitrogens with zero attached hydrogens (tertiary/aromatic N) is 1. The molecule has 1 aromatic carbocycles. The molecule has 0 saturated carbocycles. The zero-order valence-corrected chi connectivity index (χ0v) is 11.8. The number of benzene rings is 1. The summed E-state index contributed by atoms with van der Waals surface area (Å²) in [5, 5.41) is 0. The van der Waals surface area contributed by atoms with Gasteiger partial charge in [-0.05, 0) is 24.1 Å². The van der Waals surface area contributed by atoms with E-state index in [4.69, 9.17) is 0 Å². The fourth-order valence-electron chi connectivity index (χ4n) is 1.50. The Labute approximate surface area is 114 Å². The third-order valence-electron chi connectivity index (χ3n) is 2.57. The van der Waals surface area contributed by atoms with E-state index in [1.54, 1.807) is 14.1 Å². The molecule has 0 N–H and O–H groups in total. The van der Waals surface area contributed by atoms with Crippen molar-refractivity contribution in [2.75, 3.05) is 19.8 Å². The van der Waals surface area contributed by atoms with Gasteiger partial charge in [-0.15, -0.1) is 0 Å². The fourth-order valence-corrected chi connectivity index (χ4v) is 2.66. The third kappa shape index (κ3) is 5.46.